The molecule has 1 radical (unpaired) electrons. The van der Waals surface area contributed by atoms with Crippen molar-refractivity contribution in [1.82, 2.24) is 0 Å². The largest absolute Gasteiger partial charge is 0.698 e. The van der Waals surface area contributed by atoms with Crippen molar-refractivity contribution in [2.75, 3.05) is 0 Å². The topological polar surface area (TPSA) is 23.8 Å². The molecule has 0 fully saturated rings. The van der Waals surface area contributed by atoms with Crippen molar-refractivity contribution < 1.29 is 44.1 Å². The van der Waals surface area contributed by atoms with Gasteiger partial charge in [0.25, 0.3) is 0 Å². The van der Waals surface area contributed by atoms with Gasteiger partial charge in [0.05, 0.1) is 0 Å². The second-order valence-electron chi connectivity index (χ2n) is 2.48. The van der Waals surface area contributed by atoms with E-state index in [1.54, 1.807) is 0 Å². The van der Waals surface area contributed by atoms with Crippen molar-refractivity contribution in [1.29, 1.82) is 0 Å². The van der Waals surface area contributed by atoms with Crippen LogP contribution in [0.3, 0.4) is 0 Å². The van der Waals surface area contributed by atoms with E-state index in [1.807, 2.05) is 24.3 Å². The zero-order valence-corrected chi connectivity index (χ0v) is 10.9. The van der Waals surface area contributed by atoms with E-state index in [1.165, 1.54) is 5.56 Å². The van der Waals surface area contributed by atoms with Crippen LogP contribution >= 0.6 is 0 Å². The second-order valence-corrected chi connectivity index (χ2v) is 2.48. The molecular formula is C9H8AcN-. The van der Waals surface area contributed by atoms with Gasteiger partial charge in [0.1, 0.15) is 0 Å². The van der Waals surface area contributed by atoms with Gasteiger partial charge >= 0.3 is 0 Å². The summed E-state index contributed by atoms with van der Waals surface area (Å²) >= 11 is 0. The Bertz CT molecular complexity index is 291. The second kappa shape index (κ2) is 3.74. The van der Waals surface area contributed by atoms with Crippen LogP contribution in [-0.4, -0.2) is 0 Å². The van der Waals surface area contributed by atoms with E-state index in [-0.39, 0.29) is 44.1 Å². The molecular weight excluding hydrogens is 349 g/mol. The van der Waals surface area contributed by atoms with Gasteiger partial charge in [-0.1, -0.05) is 30.3 Å². The van der Waals surface area contributed by atoms with E-state index >= 15 is 0 Å². The number of hydrogen-bond acceptors (Lipinski definition) is 0. The third-order valence-electron chi connectivity index (χ3n) is 1.83. The first kappa shape index (κ1) is 9.29. The predicted octanol–water partition coefficient (Wildman–Crippen LogP) is 2.64. The number of nitrogens with one attached hydrogen (secondary N) is 1. The van der Waals surface area contributed by atoms with Crippen LogP contribution in [-0.2, 0) is 6.42 Å². The number of allylic oxidation sites excluding steroid dienone is 1. The molecule has 0 bridgehead atoms. The Morgan fingerprint density at radius 2 is 1.91 bits per heavy atom. The van der Waals surface area contributed by atoms with Gasteiger partial charge in [-0.25, -0.2) is 0 Å². The number of benzene rings is 1. The number of rotatable bonds is 0. The smallest absolute Gasteiger partial charge is 0 e. The molecule has 0 heterocycles. The summed E-state index contributed by atoms with van der Waals surface area (Å²) in [6.07, 6.45) is 2.89. The van der Waals surface area contributed by atoms with Crippen LogP contribution in [0.4, 0.5) is 0 Å². The number of fused-ring (bicyclic) bond motifs is 1. The standard InChI is InChI=1S/C9H8N.Ac/c10-9-6-5-7-3-1-2-4-8(7)9;/h1-4,6,10H,5H2;/q-1;. The first-order valence-corrected chi connectivity index (χ1v) is 3.38. The summed E-state index contributed by atoms with van der Waals surface area (Å²) in [5.41, 5.74) is 10.5. The van der Waals surface area contributed by atoms with Crippen LogP contribution in [0.15, 0.2) is 30.3 Å². The van der Waals surface area contributed by atoms with Gasteiger partial charge < -0.3 is 5.73 Å². The molecule has 0 amide bonds. The first-order chi connectivity index (χ1) is 4.88. The van der Waals surface area contributed by atoms with Crippen molar-refractivity contribution in [3.8, 4) is 0 Å². The van der Waals surface area contributed by atoms with Crippen LogP contribution in [0.5, 0.6) is 0 Å². The molecule has 0 saturated heterocycles. The number of hydrogen-bond donors (Lipinski definition) is 0. The summed E-state index contributed by atoms with van der Waals surface area (Å²) in [4.78, 5) is 0. The molecule has 1 aromatic rings. The Hall–Kier alpha value is 0.202. The van der Waals surface area contributed by atoms with Crippen molar-refractivity contribution in [3.63, 3.8) is 0 Å². The van der Waals surface area contributed by atoms with Gasteiger partial charge in [0.15, 0.2) is 0 Å². The molecule has 0 aliphatic heterocycles. The van der Waals surface area contributed by atoms with Crippen molar-refractivity contribution in [2.45, 2.75) is 6.42 Å². The SMILES string of the molecule is [Ac].[NH-]C1=CCc2ccccc21. The Morgan fingerprint density at radius 3 is 2.64 bits per heavy atom. The quantitative estimate of drug-likeness (QED) is 0.682. The zero-order valence-electron chi connectivity index (χ0n) is 6.17. The van der Waals surface area contributed by atoms with Gasteiger partial charge in [0, 0.05) is 44.1 Å². The van der Waals surface area contributed by atoms with Gasteiger partial charge in [0.2, 0.25) is 0 Å². The average Bonchev–Trinajstić information content (AvgIpc) is 2.34. The zero-order chi connectivity index (χ0) is 6.97. The van der Waals surface area contributed by atoms with Crippen molar-refractivity contribution in [3.05, 3.63) is 47.2 Å². The van der Waals surface area contributed by atoms with E-state index in [4.69, 9.17) is 5.73 Å². The van der Waals surface area contributed by atoms with Gasteiger partial charge in [-0.05, 0) is 17.5 Å². The fourth-order valence-corrected chi connectivity index (χ4v) is 1.28. The summed E-state index contributed by atoms with van der Waals surface area (Å²) in [7, 11) is 0. The van der Waals surface area contributed by atoms with E-state index in [9.17, 15) is 0 Å². The minimum Gasteiger partial charge on any atom is -0.698 e. The third kappa shape index (κ3) is 1.68. The van der Waals surface area contributed by atoms with Crippen LogP contribution < -0.4 is 0 Å². The summed E-state index contributed by atoms with van der Waals surface area (Å²) in [6.45, 7) is 0. The first-order valence-electron chi connectivity index (χ1n) is 3.38. The maximum absolute atomic E-state index is 7.47. The fraction of sp³-hybridized carbons (Fsp3) is 0.111. The average molecular weight is 357 g/mol. The Balaban J connectivity index is 0.000000605. The molecule has 0 unspecified atom stereocenters. The van der Waals surface area contributed by atoms with Crippen LogP contribution in [0.25, 0.3) is 11.4 Å². The summed E-state index contributed by atoms with van der Waals surface area (Å²) in [5, 5.41) is 0. The maximum atomic E-state index is 7.47. The van der Waals surface area contributed by atoms with Crippen LogP contribution in [0, 0.1) is 44.1 Å². The monoisotopic (exact) mass is 357 g/mol. The summed E-state index contributed by atoms with van der Waals surface area (Å²) in [5.74, 6) is 0. The predicted molar refractivity (Wildman–Crippen MR) is 42.4 cm³/mol. The summed E-state index contributed by atoms with van der Waals surface area (Å²) < 4.78 is 0. The van der Waals surface area contributed by atoms with Gasteiger partial charge in [-0.15, -0.1) is 5.70 Å². The van der Waals surface area contributed by atoms with Gasteiger partial charge in [-0.2, -0.15) is 0 Å². The minimum atomic E-state index is 0. The molecule has 0 saturated carbocycles. The van der Waals surface area contributed by atoms with E-state index in [0.717, 1.165) is 12.0 Å². The molecule has 0 spiro atoms. The maximum Gasteiger partial charge on any atom is 0 e. The Kier molecular flexibility index (Phi) is 3.16. The van der Waals surface area contributed by atoms with Crippen molar-refractivity contribution >= 4 is 5.70 Å². The Labute approximate surface area is 102 Å². The van der Waals surface area contributed by atoms with E-state index in [2.05, 4.69) is 6.07 Å². The molecule has 1 N–H and O–H groups in total. The van der Waals surface area contributed by atoms with E-state index < -0.39 is 0 Å². The Morgan fingerprint density at radius 1 is 1.18 bits per heavy atom. The molecule has 1 aromatic carbocycles. The van der Waals surface area contributed by atoms with Crippen molar-refractivity contribution in [2.24, 2.45) is 0 Å². The molecule has 2 heteroatoms. The molecule has 0 atom stereocenters. The van der Waals surface area contributed by atoms with Gasteiger partial charge in [-0.3, -0.25) is 0 Å². The molecule has 53 valence electrons. The van der Waals surface area contributed by atoms with Crippen LogP contribution in [0.2, 0.25) is 0 Å². The molecule has 1 aliphatic carbocycles. The van der Waals surface area contributed by atoms with E-state index in [0.29, 0.717) is 5.70 Å². The van der Waals surface area contributed by atoms with Crippen LogP contribution in [0.1, 0.15) is 11.1 Å². The normalized spacial score (nSPS) is 13.3. The minimum absolute atomic E-state index is 0. The summed E-state index contributed by atoms with van der Waals surface area (Å²) in [6, 6.07) is 8.08. The third-order valence-corrected chi connectivity index (χ3v) is 1.83. The fourth-order valence-electron chi connectivity index (χ4n) is 1.28. The molecule has 0 aromatic heterocycles. The molecule has 11 heavy (non-hydrogen) atoms. The molecule has 1 aliphatic rings. The molecule has 2 rings (SSSR count). The molecule has 1 nitrogen and oxygen atoms in total.